The standard InChI is InChI=1S/C22H32O4/c23-20-12-11-17(19(20)15-22(24)25)9-10-18(21-8-4-5-13-26-21)14-16-6-2-1-3-7-16/h1-3,6-7,17-21,23H,4-5,8-15H2,(H,24,25)/t17-,18?,19+,20-,21?/m0/s1. The summed E-state index contributed by atoms with van der Waals surface area (Å²) in [5, 5.41) is 19.3. The highest BCUT2D eigenvalue weighted by Crippen LogP contribution is 2.39. The monoisotopic (exact) mass is 360 g/mol. The second-order valence-corrected chi connectivity index (χ2v) is 8.10. The van der Waals surface area contributed by atoms with Crippen LogP contribution >= 0.6 is 0 Å². The Morgan fingerprint density at radius 2 is 1.96 bits per heavy atom. The summed E-state index contributed by atoms with van der Waals surface area (Å²) in [6, 6.07) is 10.6. The van der Waals surface area contributed by atoms with Gasteiger partial charge in [0.15, 0.2) is 0 Å². The van der Waals surface area contributed by atoms with Gasteiger partial charge >= 0.3 is 5.97 Å². The summed E-state index contributed by atoms with van der Waals surface area (Å²) in [5.74, 6) is -0.0848. The number of aliphatic hydroxyl groups excluding tert-OH is 1. The number of carbonyl (C=O) groups is 1. The molecule has 0 radical (unpaired) electrons. The van der Waals surface area contributed by atoms with Crippen molar-refractivity contribution in [2.75, 3.05) is 6.61 Å². The van der Waals surface area contributed by atoms with Crippen molar-refractivity contribution >= 4 is 5.97 Å². The van der Waals surface area contributed by atoms with Gasteiger partial charge in [-0.1, -0.05) is 30.3 Å². The molecule has 1 saturated heterocycles. The maximum absolute atomic E-state index is 11.1. The van der Waals surface area contributed by atoms with Gasteiger partial charge in [0.1, 0.15) is 0 Å². The molecule has 3 rings (SSSR count). The molecule has 5 atom stereocenters. The molecule has 26 heavy (non-hydrogen) atoms. The third-order valence-electron chi connectivity index (χ3n) is 6.33. The summed E-state index contributed by atoms with van der Waals surface area (Å²) in [4.78, 5) is 11.1. The Morgan fingerprint density at radius 1 is 1.15 bits per heavy atom. The Hall–Kier alpha value is -1.39. The Labute approximate surface area is 156 Å². The van der Waals surface area contributed by atoms with E-state index in [1.54, 1.807) is 0 Å². The fourth-order valence-electron chi connectivity index (χ4n) is 4.89. The van der Waals surface area contributed by atoms with Crippen LogP contribution in [0.3, 0.4) is 0 Å². The van der Waals surface area contributed by atoms with Crippen molar-refractivity contribution in [3.8, 4) is 0 Å². The molecule has 0 spiro atoms. The smallest absolute Gasteiger partial charge is 0.303 e. The lowest BCUT2D eigenvalue weighted by atomic mass is 9.81. The molecule has 1 aromatic carbocycles. The highest BCUT2D eigenvalue weighted by atomic mass is 16.5. The number of ether oxygens (including phenoxy) is 1. The molecular weight excluding hydrogens is 328 g/mol. The average molecular weight is 360 g/mol. The Kier molecular flexibility index (Phi) is 7.09. The molecule has 2 aliphatic rings. The third-order valence-corrected chi connectivity index (χ3v) is 6.33. The van der Waals surface area contributed by atoms with Crippen LogP contribution in [0, 0.1) is 17.8 Å². The molecule has 0 aromatic heterocycles. The average Bonchev–Trinajstić information content (AvgIpc) is 2.99. The fraction of sp³-hybridized carbons (Fsp3) is 0.682. The van der Waals surface area contributed by atoms with Crippen LogP contribution in [0.1, 0.15) is 56.9 Å². The van der Waals surface area contributed by atoms with Gasteiger partial charge in [-0.25, -0.2) is 0 Å². The topological polar surface area (TPSA) is 66.8 Å². The van der Waals surface area contributed by atoms with Gasteiger partial charge in [0.25, 0.3) is 0 Å². The second kappa shape index (κ2) is 9.52. The number of hydrogen-bond acceptors (Lipinski definition) is 3. The molecule has 2 fully saturated rings. The lowest BCUT2D eigenvalue weighted by Crippen LogP contribution is -2.30. The van der Waals surface area contributed by atoms with E-state index < -0.39 is 12.1 Å². The molecule has 1 aliphatic heterocycles. The van der Waals surface area contributed by atoms with Crippen molar-refractivity contribution < 1.29 is 19.7 Å². The number of aliphatic hydroxyl groups is 1. The quantitative estimate of drug-likeness (QED) is 0.734. The predicted octanol–water partition coefficient (Wildman–Crippen LogP) is 4.06. The van der Waals surface area contributed by atoms with Crippen LogP contribution in [-0.4, -0.2) is 35.0 Å². The number of carboxylic acids is 1. The predicted molar refractivity (Wildman–Crippen MR) is 101 cm³/mol. The molecule has 4 nitrogen and oxygen atoms in total. The largest absolute Gasteiger partial charge is 0.481 e. The first-order valence-electron chi connectivity index (χ1n) is 10.2. The van der Waals surface area contributed by atoms with Crippen LogP contribution in [0.15, 0.2) is 30.3 Å². The minimum Gasteiger partial charge on any atom is -0.481 e. The molecule has 144 valence electrons. The van der Waals surface area contributed by atoms with Crippen molar-refractivity contribution in [1.82, 2.24) is 0 Å². The van der Waals surface area contributed by atoms with Crippen LogP contribution in [0.4, 0.5) is 0 Å². The summed E-state index contributed by atoms with van der Waals surface area (Å²) >= 11 is 0. The van der Waals surface area contributed by atoms with E-state index in [-0.39, 0.29) is 12.3 Å². The van der Waals surface area contributed by atoms with Gasteiger partial charge in [-0.3, -0.25) is 4.79 Å². The first-order valence-corrected chi connectivity index (χ1v) is 10.2. The van der Waals surface area contributed by atoms with E-state index in [1.807, 2.05) is 6.07 Å². The molecule has 1 aliphatic carbocycles. The Morgan fingerprint density at radius 3 is 2.65 bits per heavy atom. The lowest BCUT2D eigenvalue weighted by molar-refractivity contribution is -0.139. The number of hydrogen-bond donors (Lipinski definition) is 2. The van der Waals surface area contributed by atoms with Crippen LogP contribution in [-0.2, 0) is 16.0 Å². The molecule has 2 N–H and O–H groups in total. The number of carboxylic acid groups (broad SMARTS) is 1. The lowest BCUT2D eigenvalue weighted by Gasteiger charge is -2.32. The highest BCUT2D eigenvalue weighted by Gasteiger charge is 2.37. The normalized spacial score (nSPS) is 30.2. The maximum atomic E-state index is 11.1. The zero-order chi connectivity index (χ0) is 18.4. The van der Waals surface area contributed by atoms with Crippen molar-refractivity contribution in [3.05, 3.63) is 35.9 Å². The van der Waals surface area contributed by atoms with Crippen LogP contribution in [0.2, 0.25) is 0 Å². The molecule has 4 heteroatoms. The van der Waals surface area contributed by atoms with Gasteiger partial charge in [0, 0.05) is 6.61 Å². The summed E-state index contributed by atoms with van der Waals surface area (Å²) in [5.41, 5.74) is 1.35. The van der Waals surface area contributed by atoms with E-state index in [1.165, 1.54) is 12.0 Å². The van der Waals surface area contributed by atoms with Crippen molar-refractivity contribution in [1.29, 1.82) is 0 Å². The van der Waals surface area contributed by atoms with E-state index in [0.29, 0.717) is 17.9 Å². The number of rotatable bonds is 8. The number of aliphatic carboxylic acids is 1. The first-order chi connectivity index (χ1) is 12.6. The number of benzene rings is 1. The van der Waals surface area contributed by atoms with E-state index in [2.05, 4.69) is 24.3 Å². The SMILES string of the molecule is O=C(O)C[C@@H]1[C@@H](CCC(Cc2ccccc2)C2CCCCO2)CC[C@@H]1O. The van der Waals surface area contributed by atoms with Gasteiger partial charge in [-0.05, 0) is 74.7 Å². The fourth-order valence-corrected chi connectivity index (χ4v) is 4.89. The Balaban J connectivity index is 1.62. The molecule has 0 bridgehead atoms. The zero-order valence-corrected chi connectivity index (χ0v) is 15.6. The van der Waals surface area contributed by atoms with Gasteiger partial charge < -0.3 is 14.9 Å². The van der Waals surface area contributed by atoms with Gasteiger partial charge in [0.2, 0.25) is 0 Å². The minimum atomic E-state index is -0.794. The van der Waals surface area contributed by atoms with Crippen LogP contribution < -0.4 is 0 Å². The highest BCUT2D eigenvalue weighted by molar-refractivity contribution is 5.67. The van der Waals surface area contributed by atoms with Gasteiger partial charge in [0.05, 0.1) is 18.6 Å². The van der Waals surface area contributed by atoms with Gasteiger partial charge in [-0.15, -0.1) is 0 Å². The third kappa shape index (κ3) is 5.31. The molecule has 2 unspecified atom stereocenters. The van der Waals surface area contributed by atoms with E-state index in [4.69, 9.17) is 9.84 Å². The Bertz CT molecular complexity index is 553. The second-order valence-electron chi connectivity index (χ2n) is 8.10. The van der Waals surface area contributed by atoms with Crippen molar-refractivity contribution in [3.63, 3.8) is 0 Å². The van der Waals surface area contributed by atoms with E-state index >= 15 is 0 Å². The van der Waals surface area contributed by atoms with E-state index in [0.717, 1.165) is 51.6 Å². The molecular formula is C22H32O4. The summed E-state index contributed by atoms with van der Waals surface area (Å²) in [6.45, 7) is 0.861. The molecule has 1 aromatic rings. The summed E-state index contributed by atoms with van der Waals surface area (Å²) < 4.78 is 6.10. The molecule has 1 saturated carbocycles. The first kappa shape index (κ1) is 19.4. The summed E-state index contributed by atoms with van der Waals surface area (Å²) in [7, 11) is 0. The van der Waals surface area contributed by atoms with Crippen molar-refractivity contribution in [2.24, 2.45) is 17.8 Å². The van der Waals surface area contributed by atoms with Crippen LogP contribution in [0.5, 0.6) is 0 Å². The molecule has 1 heterocycles. The summed E-state index contributed by atoms with van der Waals surface area (Å²) in [6.07, 6.45) is 8.23. The maximum Gasteiger partial charge on any atom is 0.303 e. The van der Waals surface area contributed by atoms with Crippen LogP contribution in [0.25, 0.3) is 0 Å². The van der Waals surface area contributed by atoms with Crippen molar-refractivity contribution in [2.45, 2.75) is 70.0 Å². The van der Waals surface area contributed by atoms with E-state index in [9.17, 15) is 9.90 Å². The van der Waals surface area contributed by atoms with Gasteiger partial charge in [-0.2, -0.15) is 0 Å². The zero-order valence-electron chi connectivity index (χ0n) is 15.6. The minimum absolute atomic E-state index is 0.0860. The molecule has 0 amide bonds.